The summed E-state index contributed by atoms with van der Waals surface area (Å²) < 4.78 is 5.47. The first-order valence-electron chi connectivity index (χ1n) is 7.54. The Hall–Kier alpha value is -1.65. The van der Waals surface area contributed by atoms with Crippen LogP contribution in [0.15, 0.2) is 59.5 Å². The third kappa shape index (κ3) is 6.55. The van der Waals surface area contributed by atoms with Gasteiger partial charge in [0.2, 0.25) is 0 Å². The van der Waals surface area contributed by atoms with Crippen LogP contribution in [0, 0.1) is 0 Å². The van der Waals surface area contributed by atoms with Gasteiger partial charge in [0.25, 0.3) is 0 Å². The van der Waals surface area contributed by atoms with Crippen molar-refractivity contribution in [1.82, 2.24) is 5.32 Å². The van der Waals surface area contributed by atoms with Gasteiger partial charge >= 0.3 is 6.09 Å². The standard InChI is InChI=1S/C18H20ClNO2S/c1-2-16(13-23-17-10-6-9-15(19)11-17)22-18(21)20-12-14-7-4-3-5-8-14/h3-11,16H,2,12-13H2,1H3,(H,20,21). The van der Waals surface area contributed by atoms with E-state index in [-0.39, 0.29) is 12.2 Å². The molecule has 1 amide bonds. The van der Waals surface area contributed by atoms with Crippen molar-refractivity contribution in [2.24, 2.45) is 0 Å². The fourth-order valence-electron chi connectivity index (χ4n) is 1.94. The molecule has 5 heteroatoms. The van der Waals surface area contributed by atoms with Crippen LogP contribution in [-0.4, -0.2) is 18.0 Å². The van der Waals surface area contributed by atoms with Crippen molar-refractivity contribution in [3.63, 3.8) is 0 Å². The maximum absolute atomic E-state index is 11.9. The topological polar surface area (TPSA) is 38.3 Å². The largest absolute Gasteiger partial charge is 0.445 e. The Bertz CT molecular complexity index is 621. The number of halogens is 1. The molecule has 2 aromatic rings. The first-order chi connectivity index (χ1) is 11.2. The van der Waals surface area contributed by atoms with Gasteiger partial charge in [0.05, 0.1) is 0 Å². The summed E-state index contributed by atoms with van der Waals surface area (Å²) in [7, 11) is 0. The van der Waals surface area contributed by atoms with E-state index in [9.17, 15) is 4.79 Å². The lowest BCUT2D eigenvalue weighted by Crippen LogP contribution is -2.29. The zero-order valence-electron chi connectivity index (χ0n) is 13.0. The summed E-state index contributed by atoms with van der Waals surface area (Å²) in [5.74, 6) is 0.704. The summed E-state index contributed by atoms with van der Waals surface area (Å²) in [6.45, 7) is 2.48. The number of ether oxygens (including phenoxy) is 1. The molecule has 23 heavy (non-hydrogen) atoms. The van der Waals surface area contributed by atoms with E-state index in [0.717, 1.165) is 16.9 Å². The lowest BCUT2D eigenvalue weighted by Gasteiger charge is -2.16. The summed E-state index contributed by atoms with van der Waals surface area (Å²) in [4.78, 5) is 13.0. The smallest absolute Gasteiger partial charge is 0.407 e. The Balaban J connectivity index is 1.76. The molecular formula is C18H20ClNO2S. The molecule has 2 rings (SSSR count). The predicted octanol–water partition coefficient (Wildman–Crippen LogP) is 5.14. The van der Waals surface area contributed by atoms with Crippen molar-refractivity contribution >= 4 is 29.5 Å². The molecule has 0 radical (unpaired) electrons. The van der Waals surface area contributed by atoms with Gasteiger partial charge in [-0.1, -0.05) is 54.9 Å². The van der Waals surface area contributed by atoms with Crippen molar-refractivity contribution < 1.29 is 9.53 Å². The van der Waals surface area contributed by atoms with E-state index < -0.39 is 0 Å². The van der Waals surface area contributed by atoms with Crippen LogP contribution in [0.3, 0.4) is 0 Å². The van der Waals surface area contributed by atoms with Crippen LogP contribution in [0.1, 0.15) is 18.9 Å². The second-order valence-electron chi connectivity index (χ2n) is 5.04. The van der Waals surface area contributed by atoms with Crippen LogP contribution < -0.4 is 5.32 Å². The minimum Gasteiger partial charge on any atom is -0.445 e. The van der Waals surface area contributed by atoms with Crippen LogP contribution in [0.5, 0.6) is 0 Å². The average Bonchev–Trinajstić information content (AvgIpc) is 2.58. The van der Waals surface area contributed by atoms with Crippen molar-refractivity contribution in [1.29, 1.82) is 0 Å². The van der Waals surface area contributed by atoms with E-state index in [1.54, 1.807) is 11.8 Å². The van der Waals surface area contributed by atoms with E-state index in [2.05, 4.69) is 5.32 Å². The lowest BCUT2D eigenvalue weighted by atomic mass is 10.2. The molecule has 0 bridgehead atoms. The van der Waals surface area contributed by atoms with Gasteiger partial charge in [0.1, 0.15) is 6.10 Å². The monoisotopic (exact) mass is 349 g/mol. The number of nitrogens with one attached hydrogen (secondary N) is 1. The van der Waals surface area contributed by atoms with E-state index >= 15 is 0 Å². The number of thioether (sulfide) groups is 1. The fourth-order valence-corrected chi connectivity index (χ4v) is 3.27. The summed E-state index contributed by atoms with van der Waals surface area (Å²) in [5.41, 5.74) is 1.05. The quantitative estimate of drug-likeness (QED) is 0.703. The molecule has 1 atom stereocenters. The summed E-state index contributed by atoms with van der Waals surface area (Å²) in [5, 5.41) is 3.49. The summed E-state index contributed by atoms with van der Waals surface area (Å²) >= 11 is 7.60. The molecule has 1 unspecified atom stereocenters. The SMILES string of the molecule is CCC(CSc1cccc(Cl)c1)OC(=O)NCc1ccccc1. The Kier molecular flexibility index (Phi) is 7.30. The number of benzene rings is 2. The van der Waals surface area contributed by atoms with Gasteiger partial charge in [0.15, 0.2) is 0 Å². The normalized spacial score (nSPS) is 11.7. The first kappa shape index (κ1) is 17.7. The number of amides is 1. The van der Waals surface area contributed by atoms with Gasteiger partial charge < -0.3 is 10.1 Å². The van der Waals surface area contributed by atoms with E-state index in [0.29, 0.717) is 17.3 Å². The highest BCUT2D eigenvalue weighted by Gasteiger charge is 2.13. The number of carbonyl (C=O) groups excluding carboxylic acids is 1. The van der Waals surface area contributed by atoms with Gasteiger partial charge in [-0.15, -0.1) is 11.8 Å². The molecule has 0 saturated carbocycles. The van der Waals surface area contributed by atoms with Crippen molar-refractivity contribution in [2.45, 2.75) is 30.9 Å². The lowest BCUT2D eigenvalue weighted by molar-refractivity contribution is 0.106. The van der Waals surface area contributed by atoms with Gasteiger partial charge in [-0.2, -0.15) is 0 Å². The van der Waals surface area contributed by atoms with E-state index in [4.69, 9.17) is 16.3 Å². The van der Waals surface area contributed by atoms with Gasteiger partial charge in [0, 0.05) is 22.2 Å². The molecule has 2 aromatic carbocycles. The van der Waals surface area contributed by atoms with Crippen molar-refractivity contribution in [3.8, 4) is 0 Å². The van der Waals surface area contributed by atoms with Gasteiger partial charge in [-0.05, 0) is 30.2 Å². The fraction of sp³-hybridized carbons (Fsp3) is 0.278. The number of alkyl carbamates (subject to hydrolysis) is 1. The number of hydrogen-bond acceptors (Lipinski definition) is 3. The highest BCUT2D eigenvalue weighted by molar-refractivity contribution is 7.99. The maximum Gasteiger partial charge on any atom is 0.407 e. The Labute approximate surface area is 146 Å². The Morgan fingerprint density at radius 3 is 2.70 bits per heavy atom. The molecule has 0 fully saturated rings. The van der Waals surface area contributed by atoms with Gasteiger partial charge in [-0.25, -0.2) is 4.79 Å². The van der Waals surface area contributed by atoms with Gasteiger partial charge in [-0.3, -0.25) is 0 Å². The molecular weight excluding hydrogens is 330 g/mol. The highest BCUT2D eigenvalue weighted by Crippen LogP contribution is 2.23. The zero-order valence-corrected chi connectivity index (χ0v) is 14.6. The Morgan fingerprint density at radius 1 is 1.22 bits per heavy atom. The Morgan fingerprint density at radius 2 is 2.00 bits per heavy atom. The van der Waals surface area contributed by atoms with Crippen LogP contribution >= 0.6 is 23.4 Å². The number of hydrogen-bond donors (Lipinski definition) is 1. The van der Waals surface area contributed by atoms with Crippen LogP contribution in [0.2, 0.25) is 5.02 Å². The third-order valence-corrected chi connectivity index (χ3v) is 4.60. The predicted molar refractivity (Wildman–Crippen MR) is 96.0 cm³/mol. The zero-order chi connectivity index (χ0) is 16.5. The second-order valence-corrected chi connectivity index (χ2v) is 6.57. The number of rotatable bonds is 7. The maximum atomic E-state index is 11.9. The molecule has 0 aliphatic carbocycles. The minimum absolute atomic E-state index is 0.130. The van der Waals surface area contributed by atoms with Crippen LogP contribution in [-0.2, 0) is 11.3 Å². The molecule has 122 valence electrons. The van der Waals surface area contributed by atoms with E-state index in [1.807, 2.05) is 61.5 Å². The molecule has 0 aliphatic heterocycles. The van der Waals surface area contributed by atoms with E-state index in [1.165, 1.54) is 0 Å². The minimum atomic E-state index is -0.382. The highest BCUT2D eigenvalue weighted by atomic mass is 35.5. The average molecular weight is 350 g/mol. The molecule has 0 spiro atoms. The molecule has 0 aromatic heterocycles. The molecule has 1 N–H and O–H groups in total. The van der Waals surface area contributed by atoms with Crippen molar-refractivity contribution in [2.75, 3.05) is 5.75 Å². The van der Waals surface area contributed by atoms with Crippen molar-refractivity contribution in [3.05, 3.63) is 65.2 Å². The summed E-state index contributed by atoms with van der Waals surface area (Å²) in [6, 6.07) is 17.4. The summed E-state index contributed by atoms with van der Waals surface area (Å²) in [6.07, 6.45) is 0.258. The first-order valence-corrected chi connectivity index (χ1v) is 8.90. The number of carbonyl (C=O) groups is 1. The van der Waals surface area contributed by atoms with Crippen LogP contribution in [0.25, 0.3) is 0 Å². The third-order valence-electron chi connectivity index (χ3n) is 3.24. The second kappa shape index (κ2) is 9.48. The molecule has 3 nitrogen and oxygen atoms in total. The molecule has 0 aliphatic rings. The van der Waals surface area contributed by atoms with Crippen LogP contribution in [0.4, 0.5) is 4.79 Å². The molecule has 0 saturated heterocycles. The molecule has 0 heterocycles.